The second-order valence-corrected chi connectivity index (χ2v) is 28.3. The van der Waals surface area contributed by atoms with E-state index in [1.165, 1.54) is 107 Å². The number of hydrogen-bond acceptors (Lipinski definition) is 30. The van der Waals surface area contributed by atoms with Crippen molar-refractivity contribution in [2.24, 2.45) is 11.5 Å². The van der Waals surface area contributed by atoms with Crippen molar-refractivity contribution in [1.29, 1.82) is 0 Å². The quantitative estimate of drug-likeness (QED) is 0.0189. The van der Waals surface area contributed by atoms with Gasteiger partial charge in [-0.05, 0) is 62.4 Å². The van der Waals surface area contributed by atoms with Gasteiger partial charge in [0.2, 0.25) is 0 Å². The third kappa shape index (κ3) is 22.3. The van der Waals surface area contributed by atoms with Crippen LogP contribution in [0.1, 0.15) is 36.1 Å². The first kappa shape index (κ1) is 90.8. The molecule has 16 rings (SSSR count). The molecule has 0 aliphatic carbocycles. The Morgan fingerprint density at radius 3 is 1.04 bits per heavy atom. The fourth-order valence-electron chi connectivity index (χ4n) is 12.0. The summed E-state index contributed by atoms with van der Waals surface area (Å²) in [6.07, 6.45) is 4.26. The van der Waals surface area contributed by atoms with Gasteiger partial charge >= 0.3 is 6.18 Å². The molecular formula is C82H71F11N26O10. The molecule has 36 nitrogen and oxygen atoms in total. The number of nitrogens with one attached hydrogen (secondary N) is 3. The molecule has 12 aromatic heterocycles. The van der Waals surface area contributed by atoms with Crippen LogP contribution in [0, 0.1) is 46.5 Å². The fourth-order valence-corrected chi connectivity index (χ4v) is 12.0. The van der Waals surface area contributed by atoms with Crippen LogP contribution in [0.5, 0.6) is 0 Å². The van der Waals surface area contributed by atoms with E-state index in [0.29, 0.717) is 79.7 Å². The molecule has 0 saturated heterocycles. The molecule has 47 heteroatoms. The predicted molar refractivity (Wildman–Crippen MR) is 434 cm³/mol. The minimum Gasteiger partial charge on any atom is -0.395 e. The highest BCUT2D eigenvalue weighted by Gasteiger charge is 2.40. The molecule has 11 N–H and O–H groups in total. The number of likely N-dealkylation sites (N-methyl/N-ethyl adjacent to an activating group) is 1. The topological polar surface area (TPSA) is 485 Å². The van der Waals surface area contributed by atoms with Crippen LogP contribution >= 0.6 is 0 Å². The van der Waals surface area contributed by atoms with Crippen LogP contribution in [0.2, 0.25) is 0 Å². The number of aliphatic hydroxyl groups excluding tert-OH is 2. The van der Waals surface area contributed by atoms with E-state index < -0.39 is 88.4 Å². The number of aliphatic hydroxyl groups is 4. The van der Waals surface area contributed by atoms with Gasteiger partial charge in [0.05, 0.1) is 100 Å². The number of hydrogen-bond donors (Lipinski definition) is 9. The maximum atomic E-state index is 14.5. The van der Waals surface area contributed by atoms with Crippen molar-refractivity contribution in [2.75, 3.05) is 60.7 Å². The number of amides is 2. The molecule has 0 aliphatic heterocycles. The monoisotopic (exact) mass is 1790 g/mol. The van der Waals surface area contributed by atoms with E-state index in [2.05, 4.69) is 91.5 Å². The number of alkyl halides is 3. The average Bonchev–Trinajstić information content (AvgIpc) is 1.69. The molecule has 0 radical (unpaired) electrons. The van der Waals surface area contributed by atoms with Gasteiger partial charge in [0.15, 0.2) is 81.0 Å². The zero-order valence-corrected chi connectivity index (χ0v) is 67.4. The number of benzene rings is 4. The number of aromatic nitrogens is 20. The Morgan fingerprint density at radius 1 is 0.426 bits per heavy atom. The number of carbonyl (C=O) groups is 2. The zero-order valence-electron chi connectivity index (χ0n) is 67.4. The van der Waals surface area contributed by atoms with E-state index in [0.717, 1.165) is 18.6 Å². The second kappa shape index (κ2) is 39.9. The van der Waals surface area contributed by atoms with Crippen molar-refractivity contribution >= 4 is 35.1 Å². The maximum Gasteiger partial charge on any atom is 0.410 e. The summed E-state index contributed by atoms with van der Waals surface area (Å²) in [6, 6.07) is 35.3. The molecule has 129 heavy (non-hydrogen) atoms. The molecule has 0 saturated carbocycles. The molecule has 3 atom stereocenters. The maximum absolute atomic E-state index is 14.5. The number of nitrogens with two attached hydrogens (primary N) is 2. The normalized spacial score (nSPS) is 12.4. The van der Waals surface area contributed by atoms with Gasteiger partial charge in [-0.25, -0.2) is 75.0 Å². The lowest BCUT2D eigenvalue weighted by Crippen LogP contribution is -2.49. The molecular weight excluding hydrogens is 1720 g/mol. The molecule has 16 aromatic rings. The molecule has 4 aromatic carbocycles. The molecule has 0 spiro atoms. The first-order valence-electron chi connectivity index (χ1n) is 38.1. The lowest BCUT2D eigenvalue weighted by molar-refractivity contribution is -0.149. The van der Waals surface area contributed by atoms with Crippen molar-refractivity contribution in [3.63, 3.8) is 0 Å². The van der Waals surface area contributed by atoms with Crippen LogP contribution in [0.15, 0.2) is 214 Å². The molecule has 0 fully saturated rings. The Morgan fingerprint density at radius 2 is 0.736 bits per heavy atom. The number of primary amides is 2. The van der Waals surface area contributed by atoms with Gasteiger partial charge in [-0.15, -0.1) is 0 Å². The summed E-state index contributed by atoms with van der Waals surface area (Å²) in [4.78, 5) is 56.1. The lowest BCUT2D eigenvalue weighted by atomic mass is 10.1. The third-order valence-electron chi connectivity index (χ3n) is 18.8. The summed E-state index contributed by atoms with van der Waals surface area (Å²) in [6.45, 7) is 0.683. The Bertz CT molecular complexity index is 6520. The number of nitrogens with zero attached hydrogens (tertiary/aromatic N) is 21. The van der Waals surface area contributed by atoms with Crippen LogP contribution in [-0.2, 0) is 35.8 Å². The molecule has 0 bridgehead atoms. The Hall–Kier alpha value is -15.9. The van der Waals surface area contributed by atoms with Crippen LogP contribution in [-0.4, -0.2) is 195 Å². The van der Waals surface area contributed by atoms with E-state index in [1.807, 2.05) is 5.32 Å². The fraction of sp³-hybridized carbons (Fsp3) is 0.195. The number of halogens is 11. The Balaban J connectivity index is 0.000000147. The second-order valence-electron chi connectivity index (χ2n) is 28.3. The summed E-state index contributed by atoms with van der Waals surface area (Å²) < 4.78 is 178. The van der Waals surface area contributed by atoms with Crippen LogP contribution in [0.4, 0.5) is 71.6 Å². The molecule has 3 unspecified atom stereocenters. The molecule has 0 aliphatic rings. The number of carbonyl (C=O) groups excluding carboxylic acids is 2. The van der Waals surface area contributed by atoms with Gasteiger partial charge in [-0.2, -0.15) is 33.6 Å². The van der Waals surface area contributed by atoms with Crippen molar-refractivity contribution < 1.29 is 96.4 Å². The zero-order chi connectivity index (χ0) is 91.8. The highest BCUT2D eigenvalue weighted by Crippen LogP contribution is 2.34. The van der Waals surface area contributed by atoms with Crippen LogP contribution in [0.25, 0.3) is 91.6 Å². The van der Waals surface area contributed by atoms with E-state index in [4.69, 9.17) is 39.8 Å². The highest BCUT2D eigenvalue weighted by atomic mass is 19.4. The summed E-state index contributed by atoms with van der Waals surface area (Å²) in [5.41, 5.74) is 12.7. The minimum absolute atomic E-state index is 0.0121. The predicted octanol–water partition coefficient (Wildman–Crippen LogP) is 10.3. The van der Waals surface area contributed by atoms with Gasteiger partial charge in [0.1, 0.15) is 99.9 Å². The standard InChI is InChI=1S/C22H21F2N7O3.C21H19F2N7O3.C20H15F5N6O2.C19H16F2N6O2/c1-22(33,21(25)32)12-30(2)20-15(24)10-26-19(27-20)17-9-18(16-7-8-34-29-16)31(28-17)11-13-5-3-4-6-14(13)23;1-21(32,20(24)31)11-26-18-14(23)9-25-19(27-18)16-8-17(15-6-7-33-29-15)30(28-16)10-12-4-2-3-5-13(12)22;21-12-4-2-1-3-11(12)9-31-16(14-5-6-33-30-14)7-15(29-31)19-26-8-13(22)18(28-19)27-17(10-32)20(23,24)25;20-13-4-2-1-3-12(13)11-27-17(15-5-8-29-26-15)9-16(25-27)19-23-10-14(21)18(24-19)22-6-7-28/h3-10,33H,11-12H2,1-2H3,(H2,25,32);2-9,32H,10-11H2,1H3,(H2,24,31)(H,25,26,27);1-8,17,32H,9-10H2,(H,26,27,28);1-5,8-10,28H,6-7,11H2,(H,22,23,24). The van der Waals surface area contributed by atoms with Crippen molar-refractivity contribution in [2.45, 2.75) is 63.4 Å². The highest BCUT2D eigenvalue weighted by molar-refractivity contribution is 5.84. The first-order chi connectivity index (χ1) is 61.8. The molecule has 2 amide bonds. The van der Waals surface area contributed by atoms with Gasteiger partial charge in [-0.1, -0.05) is 93.4 Å². The Labute approximate surface area is 719 Å². The van der Waals surface area contributed by atoms with E-state index in [1.54, 1.807) is 108 Å². The van der Waals surface area contributed by atoms with Crippen LogP contribution < -0.4 is 32.3 Å². The first-order valence-corrected chi connectivity index (χ1v) is 38.1. The third-order valence-corrected chi connectivity index (χ3v) is 18.8. The van der Waals surface area contributed by atoms with Crippen molar-refractivity contribution in [1.82, 2.24) is 99.6 Å². The summed E-state index contributed by atoms with van der Waals surface area (Å²) in [7, 11) is 1.45. The van der Waals surface area contributed by atoms with E-state index in [-0.39, 0.29) is 116 Å². The summed E-state index contributed by atoms with van der Waals surface area (Å²) in [5, 5.41) is 78.4. The summed E-state index contributed by atoms with van der Waals surface area (Å²) in [5.74, 6) is -8.06. The van der Waals surface area contributed by atoms with Gasteiger partial charge in [0, 0.05) is 60.1 Å². The van der Waals surface area contributed by atoms with Crippen LogP contribution in [0.3, 0.4) is 0 Å². The van der Waals surface area contributed by atoms with Gasteiger partial charge in [-0.3, -0.25) is 28.3 Å². The summed E-state index contributed by atoms with van der Waals surface area (Å²) >= 11 is 0. The SMILES string of the molecule is CC(O)(CNc1nc(-c2cc(-c3ccon3)n(Cc3ccccc3F)n2)ncc1F)C(N)=O.CN(CC(C)(O)C(N)=O)c1nc(-c2cc(-c3ccon3)n(Cc3ccccc3F)n2)ncc1F.OCC(Nc1nc(-c2cc(-c3ccon3)n(Cc3ccccc3F)n2)ncc1F)C(F)(F)F.OCCNc1nc(-c2cc(-c3ccon3)n(Cc3ccccc3F)n2)ncc1F. The number of rotatable bonds is 30. The van der Waals surface area contributed by atoms with Crippen molar-refractivity contribution in [3.8, 4) is 91.6 Å². The van der Waals surface area contributed by atoms with Crippen molar-refractivity contribution in [3.05, 3.63) is 264 Å². The smallest absolute Gasteiger partial charge is 0.395 e. The largest absolute Gasteiger partial charge is 0.410 e. The number of anilines is 4. The average molecular weight is 1790 g/mol. The molecule has 666 valence electrons. The van der Waals surface area contributed by atoms with Gasteiger partial charge < -0.3 is 70.8 Å². The Kier molecular flexibility index (Phi) is 28.1. The van der Waals surface area contributed by atoms with E-state index in [9.17, 15) is 68.1 Å². The van der Waals surface area contributed by atoms with E-state index >= 15 is 0 Å². The van der Waals surface area contributed by atoms with Gasteiger partial charge in [0.25, 0.3) is 11.8 Å². The lowest BCUT2D eigenvalue weighted by Gasteiger charge is -2.27. The molecule has 12 heterocycles. The minimum atomic E-state index is -4.84.